The first-order valence-electron chi connectivity index (χ1n) is 9.34. The molecule has 0 fully saturated rings. The number of carbonyl (C=O) groups is 2. The second kappa shape index (κ2) is 8.57. The molecule has 7 heteroatoms. The Labute approximate surface area is 172 Å². The lowest BCUT2D eigenvalue weighted by molar-refractivity contribution is -0.119. The largest absolute Gasteiger partial charge is 0.508 e. The van der Waals surface area contributed by atoms with Crippen LogP contribution >= 0.6 is 0 Å². The van der Waals surface area contributed by atoms with Gasteiger partial charge in [-0.25, -0.2) is 4.79 Å². The minimum Gasteiger partial charge on any atom is -0.508 e. The van der Waals surface area contributed by atoms with E-state index < -0.39 is 18.5 Å². The molecule has 30 heavy (non-hydrogen) atoms. The van der Waals surface area contributed by atoms with Crippen LogP contribution in [0.3, 0.4) is 0 Å². The van der Waals surface area contributed by atoms with Crippen molar-refractivity contribution in [1.82, 2.24) is 0 Å². The van der Waals surface area contributed by atoms with Crippen molar-refractivity contribution in [3.63, 3.8) is 0 Å². The number of rotatable bonds is 5. The summed E-state index contributed by atoms with van der Waals surface area (Å²) in [5.74, 6) is 0.324. The number of hydrogen-bond donors (Lipinski definition) is 2. The van der Waals surface area contributed by atoms with Crippen molar-refractivity contribution in [1.29, 1.82) is 0 Å². The van der Waals surface area contributed by atoms with E-state index in [0.29, 0.717) is 36.0 Å². The summed E-state index contributed by atoms with van der Waals surface area (Å²) in [6.45, 7) is 0.533. The maximum absolute atomic E-state index is 12.2. The molecule has 152 valence electrons. The van der Waals surface area contributed by atoms with Gasteiger partial charge in [-0.1, -0.05) is 24.3 Å². The van der Waals surface area contributed by atoms with Gasteiger partial charge in [0.2, 0.25) is 0 Å². The highest BCUT2D eigenvalue weighted by Gasteiger charge is 2.14. The Hall–Kier alpha value is -4.00. The Morgan fingerprint density at radius 2 is 1.50 bits per heavy atom. The predicted molar refractivity (Wildman–Crippen MR) is 110 cm³/mol. The van der Waals surface area contributed by atoms with Gasteiger partial charge in [0.05, 0.1) is 5.56 Å². The number of phenolic OH excluding ortho intramolecular Hbond substituents is 1. The van der Waals surface area contributed by atoms with Gasteiger partial charge in [-0.05, 0) is 47.5 Å². The summed E-state index contributed by atoms with van der Waals surface area (Å²) in [5, 5.41) is 12.0. The average molecular weight is 405 g/mol. The second-order valence-electron chi connectivity index (χ2n) is 6.61. The van der Waals surface area contributed by atoms with Crippen LogP contribution in [0.1, 0.15) is 10.4 Å². The molecule has 0 saturated carbocycles. The van der Waals surface area contributed by atoms with Gasteiger partial charge in [-0.3, -0.25) is 4.79 Å². The van der Waals surface area contributed by atoms with E-state index in [9.17, 15) is 14.7 Å². The number of benzene rings is 3. The topological polar surface area (TPSA) is 94.1 Å². The molecular weight excluding hydrogens is 386 g/mol. The number of amides is 1. The Bertz CT molecular complexity index is 1060. The van der Waals surface area contributed by atoms with Crippen molar-refractivity contribution in [3.05, 3.63) is 72.3 Å². The second-order valence-corrected chi connectivity index (χ2v) is 6.61. The molecule has 1 aliphatic heterocycles. The van der Waals surface area contributed by atoms with Crippen LogP contribution in [-0.4, -0.2) is 36.8 Å². The number of fused-ring (bicyclic) bond motifs is 1. The number of phenols is 1. The average Bonchev–Trinajstić information content (AvgIpc) is 2.78. The van der Waals surface area contributed by atoms with Crippen molar-refractivity contribution in [3.8, 4) is 28.4 Å². The maximum atomic E-state index is 12.2. The fourth-order valence-corrected chi connectivity index (χ4v) is 2.99. The van der Waals surface area contributed by atoms with E-state index >= 15 is 0 Å². The molecule has 0 aromatic heterocycles. The molecule has 2 N–H and O–H groups in total. The van der Waals surface area contributed by atoms with Gasteiger partial charge in [0.1, 0.15) is 19.0 Å². The van der Waals surface area contributed by atoms with E-state index in [2.05, 4.69) is 5.32 Å². The van der Waals surface area contributed by atoms with Crippen LogP contribution in [0.15, 0.2) is 66.7 Å². The van der Waals surface area contributed by atoms with Crippen LogP contribution in [0.5, 0.6) is 17.2 Å². The van der Waals surface area contributed by atoms with E-state index in [0.717, 1.165) is 11.1 Å². The third-order valence-corrected chi connectivity index (χ3v) is 4.48. The molecule has 1 aliphatic rings. The first kappa shape index (κ1) is 19.3. The van der Waals surface area contributed by atoms with Crippen LogP contribution < -0.4 is 14.8 Å². The minimum absolute atomic E-state index is 0.188. The van der Waals surface area contributed by atoms with Crippen molar-refractivity contribution >= 4 is 17.6 Å². The molecule has 0 spiro atoms. The van der Waals surface area contributed by atoms with Crippen molar-refractivity contribution in [2.24, 2.45) is 0 Å². The van der Waals surface area contributed by atoms with Crippen LogP contribution in [0, 0.1) is 0 Å². The molecule has 0 aliphatic carbocycles. The predicted octanol–water partition coefficient (Wildman–Crippen LogP) is 3.63. The molecular formula is C23H19NO6. The number of hydrogen-bond acceptors (Lipinski definition) is 6. The molecule has 0 bridgehead atoms. The van der Waals surface area contributed by atoms with E-state index in [1.54, 1.807) is 66.7 Å². The van der Waals surface area contributed by atoms with E-state index in [1.165, 1.54) is 0 Å². The van der Waals surface area contributed by atoms with Gasteiger partial charge >= 0.3 is 5.97 Å². The molecule has 0 unspecified atom stereocenters. The highest BCUT2D eigenvalue weighted by molar-refractivity contribution is 5.95. The maximum Gasteiger partial charge on any atom is 0.338 e. The van der Waals surface area contributed by atoms with Gasteiger partial charge in [-0.2, -0.15) is 0 Å². The SMILES string of the molecule is O=C(COC(=O)c1ccc(-c2ccc(O)cc2)cc1)Nc1ccc2c(c1)OCCO2. The molecule has 3 aromatic rings. The van der Waals surface area contributed by atoms with Gasteiger partial charge in [0, 0.05) is 11.8 Å². The standard InChI is InChI=1S/C23H19NO6/c25-19-8-5-16(6-9-19)15-1-3-17(4-2-15)23(27)30-14-22(26)24-18-7-10-20-21(13-18)29-12-11-28-20/h1-10,13,25H,11-12,14H2,(H,24,26). The molecule has 7 nitrogen and oxygen atoms in total. The minimum atomic E-state index is -0.593. The number of nitrogens with one attached hydrogen (secondary N) is 1. The van der Waals surface area contributed by atoms with Crippen molar-refractivity contribution in [2.75, 3.05) is 25.1 Å². The lowest BCUT2D eigenvalue weighted by atomic mass is 10.0. The zero-order valence-corrected chi connectivity index (χ0v) is 16.0. The van der Waals surface area contributed by atoms with Gasteiger partial charge < -0.3 is 24.6 Å². The van der Waals surface area contributed by atoms with Gasteiger partial charge in [0.25, 0.3) is 5.91 Å². The number of anilines is 1. The number of esters is 1. The zero-order valence-electron chi connectivity index (χ0n) is 16.0. The third-order valence-electron chi connectivity index (χ3n) is 4.48. The fourth-order valence-electron chi connectivity index (χ4n) is 2.99. The van der Waals surface area contributed by atoms with Gasteiger partial charge in [0.15, 0.2) is 18.1 Å². The lowest BCUT2D eigenvalue weighted by Crippen LogP contribution is -2.21. The molecule has 1 amide bonds. The lowest BCUT2D eigenvalue weighted by Gasteiger charge is -2.19. The van der Waals surface area contributed by atoms with Crippen molar-refractivity contribution in [2.45, 2.75) is 0 Å². The molecule has 4 rings (SSSR count). The van der Waals surface area contributed by atoms with Crippen LogP contribution in [0.4, 0.5) is 5.69 Å². The highest BCUT2D eigenvalue weighted by atomic mass is 16.6. The van der Waals surface area contributed by atoms with Crippen molar-refractivity contribution < 1.29 is 28.9 Å². The first-order valence-corrected chi connectivity index (χ1v) is 9.34. The van der Waals surface area contributed by atoms with Crippen LogP contribution in [0.2, 0.25) is 0 Å². The molecule has 0 atom stereocenters. The summed E-state index contributed by atoms with van der Waals surface area (Å²) in [6, 6.07) is 18.6. The molecule has 1 heterocycles. The summed E-state index contributed by atoms with van der Waals surface area (Å²) >= 11 is 0. The highest BCUT2D eigenvalue weighted by Crippen LogP contribution is 2.32. The third kappa shape index (κ3) is 4.52. The molecule has 3 aromatic carbocycles. The fraction of sp³-hybridized carbons (Fsp3) is 0.130. The normalized spacial score (nSPS) is 12.1. The summed E-state index contributed by atoms with van der Waals surface area (Å²) in [6.07, 6.45) is 0. The summed E-state index contributed by atoms with van der Waals surface area (Å²) in [7, 11) is 0. The molecule has 0 radical (unpaired) electrons. The first-order chi connectivity index (χ1) is 14.6. The van der Waals surface area contributed by atoms with E-state index in [1.807, 2.05) is 0 Å². The van der Waals surface area contributed by atoms with E-state index in [-0.39, 0.29) is 5.75 Å². The zero-order chi connectivity index (χ0) is 20.9. The monoisotopic (exact) mass is 405 g/mol. The molecule has 0 saturated heterocycles. The number of ether oxygens (including phenoxy) is 3. The summed E-state index contributed by atoms with van der Waals surface area (Å²) < 4.78 is 16.0. The van der Waals surface area contributed by atoms with E-state index in [4.69, 9.17) is 14.2 Å². The van der Waals surface area contributed by atoms with Gasteiger partial charge in [-0.15, -0.1) is 0 Å². The number of aromatic hydroxyl groups is 1. The smallest absolute Gasteiger partial charge is 0.338 e. The van der Waals surface area contributed by atoms with Crippen LogP contribution in [0.25, 0.3) is 11.1 Å². The Morgan fingerprint density at radius 3 is 2.20 bits per heavy atom. The quantitative estimate of drug-likeness (QED) is 0.630. The van der Waals surface area contributed by atoms with Crippen LogP contribution in [-0.2, 0) is 9.53 Å². The Morgan fingerprint density at radius 1 is 0.867 bits per heavy atom. The Kier molecular flexibility index (Phi) is 5.52. The summed E-state index contributed by atoms with van der Waals surface area (Å²) in [4.78, 5) is 24.3. The Balaban J connectivity index is 1.31. The summed E-state index contributed by atoms with van der Waals surface area (Å²) in [5.41, 5.74) is 2.66. The number of carbonyl (C=O) groups excluding carboxylic acids is 2.